The fourth-order valence-corrected chi connectivity index (χ4v) is 3.51. The van der Waals surface area contributed by atoms with Crippen molar-refractivity contribution >= 4 is 45.6 Å². The van der Waals surface area contributed by atoms with Crippen LogP contribution in [0.15, 0.2) is 72.8 Å². The van der Waals surface area contributed by atoms with E-state index in [-0.39, 0.29) is 5.56 Å². The Kier molecular flexibility index (Phi) is 6.11. The van der Waals surface area contributed by atoms with Crippen LogP contribution in [0.3, 0.4) is 0 Å². The molecule has 168 valence electrons. The number of fused-ring (bicyclic) bond motifs is 1. The number of ether oxygens (including phenoxy) is 1. The number of carbonyl (C=O) groups excluding carboxylic acids is 1. The summed E-state index contributed by atoms with van der Waals surface area (Å²) < 4.78 is 44.6. The minimum Gasteiger partial charge on any atom is -0.496 e. The van der Waals surface area contributed by atoms with Crippen molar-refractivity contribution in [2.45, 2.75) is 6.18 Å². The quantitative estimate of drug-likeness (QED) is 0.332. The van der Waals surface area contributed by atoms with E-state index in [2.05, 4.69) is 15.6 Å². The highest BCUT2D eigenvalue weighted by Crippen LogP contribution is 2.35. The molecule has 33 heavy (non-hydrogen) atoms. The van der Waals surface area contributed by atoms with Gasteiger partial charge in [-0.1, -0.05) is 23.7 Å². The Bertz CT molecular complexity index is 1340. The first-order valence-electron chi connectivity index (χ1n) is 9.73. The van der Waals surface area contributed by atoms with Crippen molar-refractivity contribution in [2.24, 2.45) is 0 Å². The van der Waals surface area contributed by atoms with E-state index in [4.69, 9.17) is 16.3 Å². The van der Waals surface area contributed by atoms with Gasteiger partial charge in [0, 0.05) is 22.3 Å². The predicted octanol–water partition coefficient (Wildman–Crippen LogP) is 6.91. The molecule has 0 unspecified atom stereocenters. The minimum absolute atomic E-state index is 0.157. The third kappa shape index (κ3) is 5.01. The first kappa shape index (κ1) is 22.4. The Balaban J connectivity index is 1.53. The second kappa shape index (κ2) is 8.99. The average molecular weight is 472 g/mol. The summed E-state index contributed by atoms with van der Waals surface area (Å²) >= 11 is 5.62. The summed E-state index contributed by atoms with van der Waals surface area (Å²) in [5.41, 5.74) is 0.555. The molecule has 0 aliphatic carbocycles. The molecule has 0 saturated heterocycles. The lowest BCUT2D eigenvalue weighted by atomic mass is 10.1. The van der Waals surface area contributed by atoms with E-state index >= 15 is 0 Å². The molecule has 0 atom stereocenters. The van der Waals surface area contributed by atoms with Gasteiger partial charge in [-0.05, 0) is 60.7 Å². The number of amides is 1. The molecule has 1 amide bonds. The van der Waals surface area contributed by atoms with Gasteiger partial charge in [0.25, 0.3) is 5.91 Å². The molecule has 9 heteroatoms. The van der Waals surface area contributed by atoms with Gasteiger partial charge in [-0.2, -0.15) is 13.2 Å². The van der Waals surface area contributed by atoms with Crippen molar-refractivity contribution in [3.63, 3.8) is 0 Å². The number of methoxy groups -OCH3 is 1. The maximum absolute atomic E-state index is 13.1. The smallest absolute Gasteiger partial charge is 0.417 e. The molecule has 0 saturated carbocycles. The van der Waals surface area contributed by atoms with Crippen LogP contribution in [0.25, 0.3) is 10.9 Å². The van der Waals surface area contributed by atoms with E-state index in [1.54, 1.807) is 37.4 Å². The van der Waals surface area contributed by atoms with Crippen LogP contribution in [-0.4, -0.2) is 18.0 Å². The minimum atomic E-state index is -4.66. The largest absolute Gasteiger partial charge is 0.496 e. The fraction of sp³-hybridized carbons (Fsp3) is 0.0833. The molecule has 0 aliphatic rings. The molecule has 1 aromatic heterocycles. The summed E-state index contributed by atoms with van der Waals surface area (Å²) in [6.45, 7) is 0. The number of aromatic nitrogens is 1. The molecule has 3 aromatic carbocycles. The molecule has 0 aliphatic heterocycles. The number of nitrogens with one attached hydrogen (secondary N) is 2. The summed E-state index contributed by atoms with van der Waals surface area (Å²) in [7, 11) is 1.59. The zero-order valence-corrected chi connectivity index (χ0v) is 18.0. The van der Waals surface area contributed by atoms with Crippen LogP contribution < -0.4 is 15.4 Å². The summed E-state index contributed by atoms with van der Waals surface area (Å²) in [6.07, 6.45) is -4.66. The van der Waals surface area contributed by atoms with Crippen LogP contribution in [0.5, 0.6) is 5.75 Å². The molecular weight excluding hydrogens is 455 g/mol. The summed E-state index contributed by atoms with van der Waals surface area (Å²) in [5.74, 6) is 0.601. The molecule has 0 fully saturated rings. The Morgan fingerprint density at radius 1 is 0.970 bits per heavy atom. The number of hydrogen-bond acceptors (Lipinski definition) is 4. The highest BCUT2D eigenvalue weighted by atomic mass is 35.5. The number of carbonyl (C=O) groups is 1. The van der Waals surface area contributed by atoms with Crippen LogP contribution in [0, 0.1) is 0 Å². The van der Waals surface area contributed by atoms with E-state index in [1.807, 2.05) is 24.3 Å². The summed E-state index contributed by atoms with van der Waals surface area (Å²) in [5, 5.41) is 6.16. The number of anilines is 3. The average Bonchev–Trinajstić information content (AvgIpc) is 2.78. The molecule has 1 heterocycles. The number of alkyl halides is 3. The Hall–Kier alpha value is -3.78. The number of pyridine rings is 1. The van der Waals surface area contributed by atoms with Crippen molar-refractivity contribution in [2.75, 3.05) is 17.7 Å². The third-order valence-corrected chi connectivity index (χ3v) is 5.17. The van der Waals surface area contributed by atoms with Crippen LogP contribution in [0.2, 0.25) is 5.02 Å². The lowest BCUT2D eigenvalue weighted by Gasteiger charge is -2.12. The number of hydrogen-bond donors (Lipinski definition) is 2. The number of nitrogens with zero attached hydrogens (tertiary/aromatic N) is 1. The molecule has 0 spiro atoms. The maximum Gasteiger partial charge on any atom is 0.417 e. The van der Waals surface area contributed by atoms with E-state index in [9.17, 15) is 18.0 Å². The lowest BCUT2D eigenvalue weighted by molar-refractivity contribution is -0.137. The van der Waals surface area contributed by atoms with Crippen LogP contribution in [0.1, 0.15) is 15.9 Å². The molecular formula is C24H17ClF3N3O2. The van der Waals surface area contributed by atoms with Crippen LogP contribution >= 0.6 is 11.6 Å². The first-order chi connectivity index (χ1) is 15.7. The standard InChI is InChI=1S/C24H17ClF3N3O2/c1-33-21-7-3-6-20-17(21)9-11-22(31-20)29-15-4-2-5-16(13-15)30-23(32)14-8-10-19(25)18(12-14)24(26,27)28/h2-13H,1H3,(H,29,31)(H,30,32). The van der Waals surface area contributed by atoms with Gasteiger partial charge in [0.1, 0.15) is 11.6 Å². The topological polar surface area (TPSA) is 63.2 Å². The van der Waals surface area contributed by atoms with E-state index in [0.717, 1.165) is 23.0 Å². The molecule has 5 nitrogen and oxygen atoms in total. The van der Waals surface area contributed by atoms with Gasteiger partial charge in [0.05, 0.1) is 23.2 Å². The second-order valence-corrected chi connectivity index (χ2v) is 7.48. The Morgan fingerprint density at radius 3 is 2.48 bits per heavy atom. The van der Waals surface area contributed by atoms with Crippen molar-refractivity contribution in [1.29, 1.82) is 0 Å². The third-order valence-electron chi connectivity index (χ3n) is 4.84. The van der Waals surface area contributed by atoms with Gasteiger partial charge in [-0.3, -0.25) is 4.79 Å². The molecule has 0 radical (unpaired) electrons. The molecule has 4 rings (SSSR count). The lowest BCUT2D eigenvalue weighted by Crippen LogP contribution is -2.14. The fourth-order valence-electron chi connectivity index (χ4n) is 3.28. The highest BCUT2D eigenvalue weighted by molar-refractivity contribution is 6.31. The van der Waals surface area contributed by atoms with Crippen molar-refractivity contribution in [3.05, 3.63) is 88.9 Å². The molecule has 4 aromatic rings. The van der Waals surface area contributed by atoms with Crippen molar-refractivity contribution in [1.82, 2.24) is 4.98 Å². The van der Waals surface area contributed by atoms with Gasteiger partial charge in [0.15, 0.2) is 0 Å². The predicted molar refractivity (Wildman–Crippen MR) is 122 cm³/mol. The zero-order valence-electron chi connectivity index (χ0n) is 17.2. The van der Waals surface area contributed by atoms with Crippen LogP contribution in [-0.2, 0) is 6.18 Å². The Labute approximate surface area is 192 Å². The molecule has 2 N–H and O–H groups in total. The van der Waals surface area contributed by atoms with Gasteiger partial charge in [0.2, 0.25) is 0 Å². The van der Waals surface area contributed by atoms with Gasteiger partial charge >= 0.3 is 6.18 Å². The highest BCUT2D eigenvalue weighted by Gasteiger charge is 2.33. The van der Waals surface area contributed by atoms with E-state index < -0.39 is 22.7 Å². The first-order valence-corrected chi connectivity index (χ1v) is 10.1. The Morgan fingerprint density at radius 2 is 1.73 bits per heavy atom. The number of halogens is 4. The maximum atomic E-state index is 13.1. The van der Waals surface area contributed by atoms with E-state index in [1.165, 1.54) is 6.07 Å². The molecule has 0 bridgehead atoms. The SMILES string of the molecule is COc1cccc2nc(Nc3cccc(NC(=O)c4ccc(Cl)c(C(F)(F)F)c4)c3)ccc12. The van der Waals surface area contributed by atoms with E-state index in [0.29, 0.717) is 22.9 Å². The number of rotatable bonds is 5. The van der Waals surface area contributed by atoms with Crippen molar-refractivity contribution < 1.29 is 22.7 Å². The van der Waals surface area contributed by atoms with Gasteiger partial charge < -0.3 is 15.4 Å². The summed E-state index contributed by atoms with van der Waals surface area (Å²) in [4.78, 5) is 17.1. The van der Waals surface area contributed by atoms with Gasteiger partial charge in [-0.25, -0.2) is 4.98 Å². The zero-order chi connectivity index (χ0) is 23.6. The normalized spacial score (nSPS) is 11.3. The second-order valence-electron chi connectivity index (χ2n) is 7.08. The summed E-state index contributed by atoms with van der Waals surface area (Å²) in [6, 6.07) is 19.0. The monoisotopic (exact) mass is 471 g/mol. The van der Waals surface area contributed by atoms with Gasteiger partial charge in [-0.15, -0.1) is 0 Å². The number of benzene rings is 3. The van der Waals surface area contributed by atoms with Crippen molar-refractivity contribution in [3.8, 4) is 5.75 Å². The van der Waals surface area contributed by atoms with Crippen LogP contribution in [0.4, 0.5) is 30.4 Å².